The molecule has 0 unspecified atom stereocenters. The van der Waals surface area contributed by atoms with Crippen molar-refractivity contribution in [2.75, 3.05) is 16.8 Å². The maximum atomic E-state index is 12.0. The Kier molecular flexibility index (Phi) is 4.04. The van der Waals surface area contributed by atoms with Gasteiger partial charge in [0.2, 0.25) is 11.8 Å². The van der Waals surface area contributed by atoms with Gasteiger partial charge in [-0.05, 0) is 43.4 Å². The first-order valence-electron chi connectivity index (χ1n) is 7.59. The Labute approximate surface area is 124 Å². The Balaban J connectivity index is 1.64. The molecule has 110 valence electrons. The summed E-state index contributed by atoms with van der Waals surface area (Å²) in [4.78, 5) is 25.6. The van der Waals surface area contributed by atoms with Crippen LogP contribution in [-0.4, -0.2) is 18.4 Å². The maximum Gasteiger partial charge on any atom is 0.227 e. The molecule has 0 spiro atoms. The second-order valence-corrected chi connectivity index (χ2v) is 5.72. The van der Waals surface area contributed by atoms with Crippen LogP contribution in [0.5, 0.6) is 0 Å². The van der Waals surface area contributed by atoms with Crippen molar-refractivity contribution in [3.05, 3.63) is 36.4 Å². The highest BCUT2D eigenvalue weighted by Crippen LogP contribution is 2.25. The fourth-order valence-electron chi connectivity index (χ4n) is 2.99. The van der Waals surface area contributed by atoms with Crippen LogP contribution in [0.2, 0.25) is 0 Å². The molecule has 1 heterocycles. The highest BCUT2D eigenvalue weighted by Gasteiger charge is 2.22. The van der Waals surface area contributed by atoms with Crippen LogP contribution in [0.4, 0.5) is 11.4 Å². The number of benzene rings is 1. The van der Waals surface area contributed by atoms with E-state index >= 15 is 0 Å². The highest BCUT2D eigenvalue weighted by atomic mass is 16.2. The molecule has 1 aromatic rings. The zero-order chi connectivity index (χ0) is 14.7. The van der Waals surface area contributed by atoms with Crippen molar-refractivity contribution in [1.29, 1.82) is 0 Å². The standard InChI is InChI=1S/C17H20N2O2/c20-16(11-13-5-1-2-6-13)18-14-7-3-8-15(12-14)19-10-4-9-17(19)21/h1,3,5,7-8,12-13H,2,4,6,9-11H2,(H,18,20)/t13-/m1/s1. The summed E-state index contributed by atoms with van der Waals surface area (Å²) in [5.41, 5.74) is 1.63. The van der Waals surface area contributed by atoms with Crippen molar-refractivity contribution in [1.82, 2.24) is 0 Å². The Morgan fingerprint density at radius 2 is 2.29 bits per heavy atom. The number of nitrogens with one attached hydrogen (secondary N) is 1. The van der Waals surface area contributed by atoms with E-state index in [1.165, 1.54) is 0 Å². The Bertz CT molecular complexity index is 580. The quantitative estimate of drug-likeness (QED) is 0.864. The molecular formula is C17H20N2O2. The monoisotopic (exact) mass is 284 g/mol. The van der Waals surface area contributed by atoms with Crippen molar-refractivity contribution in [2.24, 2.45) is 5.92 Å². The number of rotatable bonds is 4. The van der Waals surface area contributed by atoms with E-state index in [0.29, 0.717) is 18.8 Å². The van der Waals surface area contributed by atoms with Crippen molar-refractivity contribution in [3.8, 4) is 0 Å². The molecule has 2 amide bonds. The van der Waals surface area contributed by atoms with Crippen LogP contribution >= 0.6 is 0 Å². The molecule has 1 saturated heterocycles. The molecule has 0 saturated carbocycles. The van der Waals surface area contributed by atoms with E-state index in [2.05, 4.69) is 17.5 Å². The van der Waals surface area contributed by atoms with Gasteiger partial charge in [0, 0.05) is 30.8 Å². The molecule has 0 radical (unpaired) electrons. The Morgan fingerprint density at radius 3 is 3.00 bits per heavy atom. The molecule has 0 aromatic heterocycles. The Morgan fingerprint density at radius 1 is 1.38 bits per heavy atom. The van der Waals surface area contributed by atoms with E-state index in [9.17, 15) is 9.59 Å². The van der Waals surface area contributed by atoms with Crippen LogP contribution in [0.15, 0.2) is 36.4 Å². The van der Waals surface area contributed by atoms with Gasteiger partial charge in [-0.25, -0.2) is 0 Å². The van der Waals surface area contributed by atoms with Crippen molar-refractivity contribution >= 4 is 23.2 Å². The zero-order valence-corrected chi connectivity index (χ0v) is 12.0. The van der Waals surface area contributed by atoms with E-state index in [1.54, 1.807) is 4.90 Å². The number of nitrogens with zero attached hydrogens (tertiary/aromatic N) is 1. The lowest BCUT2D eigenvalue weighted by Gasteiger charge is -2.17. The van der Waals surface area contributed by atoms with Gasteiger partial charge < -0.3 is 10.2 Å². The first-order valence-corrected chi connectivity index (χ1v) is 7.59. The van der Waals surface area contributed by atoms with Crippen molar-refractivity contribution < 1.29 is 9.59 Å². The molecule has 1 N–H and O–H groups in total. The summed E-state index contributed by atoms with van der Waals surface area (Å²) >= 11 is 0. The molecule has 2 aliphatic rings. The van der Waals surface area contributed by atoms with E-state index < -0.39 is 0 Å². The minimum Gasteiger partial charge on any atom is -0.326 e. The van der Waals surface area contributed by atoms with Gasteiger partial charge in [-0.1, -0.05) is 18.2 Å². The summed E-state index contributed by atoms with van der Waals surface area (Å²) in [6.07, 6.45) is 8.45. The molecule has 4 heteroatoms. The third-order valence-corrected chi connectivity index (χ3v) is 4.07. The highest BCUT2D eigenvalue weighted by molar-refractivity contribution is 5.97. The van der Waals surface area contributed by atoms with E-state index in [-0.39, 0.29) is 11.8 Å². The lowest BCUT2D eigenvalue weighted by atomic mass is 10.1. The molecule has 1 atom stereocenters. The predicted octanol–water partition coefficient (Wildman–Crippen LogP) is 3.11. The summed E-state index contributed by atoms with van der Waals surface area (Å²) in [7, 11) is 0. The van der Waals surface area contributed by atoms with Crippen molar-refractivity contribution in [2.45, 2.75) is 32.1 Å². The normalized spacial score (nSPS) is 21.0. The molecule has 4 nitrogen and oxygen atoms in total. The fourth-order valence-corrected chi connectivity index (χ4v) is 2.99. The average molecular weight is 284 g/mol. The number of hydrogen-bond donors (Lipinski definition) is 1. The number of anilines is 2. The lowest BCUT2D eigenvalue weighted by Crippen LogP contribution is -2.23. The van der Waals surface area contributed by atoms with Gasteiger partial charge in [-0.3, -0.25) is 9.59 Å². The molecule has 0 bridgehead atoms. The second kappa shape index (κ2) is 6.12. The average Bonchev–Trinajstić information content (AvgIpc) is 3.10. The van der Waals surface area contributed by atoms with E-state index in [0.717, 1.165) is 37.2 Å². The number of carbonyl (C=O) groups excluding carboxylic acids is 2. The summed E-state index contributed by atoms with van der Waals surface area (Å²) in [5.74, 6) is 0.569. The summed E-state index contributed by atoms with van der Waals surface area (Å²) in [6, 6.07) is 7.54. The lowest BCUT2D eigenvalue weighted by molar-refractivity contribution is -0.117. The van der Waals surface area contributed by atoms with E-state index in [4.69, 9.17) is 0 Å². The van der Waals surface area contributed by atoms with Gasteiger partial charge in [-0.15, -0.1) is 0 Å². The summed E-state index contributed by atoms with van der Waals surface area (Å²) < 4.78 is 0. The largest absolute Gasteiger partial charge is 0.326 e. The van der Waals surface area contributed by atoms with Crippen LogP contribution in [0, 0.1) is 5.92 Å². The summed E-state index contributed by atoms with van der Waals surface area (Å²) in [5, 5.41) is 2.94. The fraction of sp³-hybridized carbons (Fsp3) is 0.412. The van der Waals surface area contributed by atoms with Gasteiger partial charge in [-0.2, -0.15) is 0 Å². The number of amides is 2. The van der Waals surface area contributed by atoms with Crippen LogP contribution in [0.3, 0.4) is 0 Å². The molecule has 21 heavy (non-hydrogen) atoms. The molecular weight excluding hydrogens is 264 g/mol. The molecule has 3 rings (SSSR count). The van der Waals surface area contributed by atoms with Crippen LogP contribution in [0.25, 0.3) is 0 Å². The first kappa shape index (κ1) is 13.9. The van der Waals surface area contributed by atoms with Crippen LogP contribution < -0.4 is 10.2 Å². The third kappa shape index (κ3) is 3.32. The van der Waals surface area contributed by atoms with Gasteiger partial charge in [0.25, 0.3) is 0 Å². The second-order valence-electron chi connectivity index (χ2n) is 5.72. The Hall–Kier alpha value is -2.10. The SMILES string of the molecule is O=C(C[C@@H]1C=CCC1)Nc1cccc(N2CCCC2=O)c1. The number of hydrogen-bond acceptors (Lipinski definition) is 2. The van der Waals surface area contributed by atoms with Crippen molar-refractivity contribution in [3.63, 3.8) is 0 Å². The smallest absolute Gasteiger partial charge is 0.227 e. The predicted molar refractivity (Wildman–Crippen MR) is 83.1 cm³/mol. The molecule has 1 aliphatic carbocycles. The molecule has 1 fully saturated rings. The van der Waals surface area contributed by atoms with Gasteiger partial charge in [0.05, 0.1) is 0 Å². The number of allylic oxidation sites excluding steroid dienone is 2. The first-order chi connectivity index (χ1) is 10.2. The molecule has 1 aromatic carbocycles. The van der Waals surface area contributed by atoms with E-state index in [1.807, 2.05) is 24.3 Å². The van der Waals surface area contributed by atoms with Gasteiger partial charge in [0.15, 0.2) is 0 Å². The third-order valence-electron chi connectivity index (χ3n) is 4.07. The van der Waals surface area contributed by atoms with Crippen LogP contribution in [0.1, 0.15) is 32.1 Å². The van der Waals surface area contributed by atoms with Crippen LogP contribution in [-0.2, 0) is 9.59 Å². The minimum absolute atomic E-state index is 0.0384. The topological polar surface area (TPSA) is 49.4 Å². The number of carbonyl (C=O) groups is 2. The minimum atomic E-state index is 0.0384. The summed E-state index contributed by atoms with van der Waals surface area (Å²) in [6.45, 7) is 0.767. The maximum absolute atomic E-state index is 12.0. The molecule has 1 aliphatic heterocycles. The van der Waals surface area contributed by atoms with Gasteiger partial charge >= 0.3 is 0 Å². The zero-order valence-electron chi connectivity index (χ0n) is 12.0. The van der Waals surface area contributed by atoms with Gasteiger partial charge in [0.1, 0.15) is 0 Å².